The van der Waals surface area contributed by atoms with E-state index >= 15 is 0 Å². The average molecular weight is 309 g/mol. The van der Waals surface area contributed by atoms with Crippen LogP contribution < -0.4 is 0 Å². The van der Waals surface area contributed by atoms with Crippen molar-refractivity contribution in [2.75, 3.05) is 0 Å². The topological polar surface area (TPSA) is 17.1 Å². The van der Waals surface area contributed by atoms with Crippen molar-refractivity contribution < 1.29 is 45.6 Å². The Morgan fingerprint density at radius 2 is 1.25 bits per heavy atom. The fourth-order valence-corrected chi connectivity index (χ4v) is 0. The van der Waals surface area contributed by atoms with Crippen LogP contribution in [0.1, 0.15) is 7.43 Å². The van der Waals surface area contributed by atoms with Crippen LogP contribution in [0.2, 0.25) is 0 Å². The van der Waals surface area contributed by atoms with Crippen molar-refractivity contribution in [3.05, 3.63) is 0 Å². The van der Waals surface area contributed by atoms with Crippen LogP contribution >= 0.6 is 0 Å². The molecule has 0 aliphatic heterocycles. The summed E-state index contributed by atoms with van der Waals surface area (Å²) in [4.78, 5) is 0. The second-order valence-electron chi connectivity index (χ2n) is 0. The second kappa shape index (κ2) is 29.2. The summed E-state index contributed by atoms with van der Waals surface area (Å²) in [7, 11) is 0. The predicted molar refractivity (Wildman–Crippen MR) is 7.42 cm³/mol. The molecule has 0 spiro atoms. The molecule has 0 heterocycles. The zero-order valence-electron chi connectivity index (χ0n) is 1.26. The summed E-state index contributed by atoms with van der Waals surface area (Å²) in [5, 5.41) is 0. The van der Waals surface area contributed by atoms with Crippen molar-refractivity contribution in [1.29, 1.82) is 0 Å². The summed E-state index contributed by atoms with van der Waals surface area (Å²) >= 11 is 0.333. The normalized spacial score (nSPS) is 1.00. The van der Waals surface area contributed by atoms with Crippen LogP contribution in [-0.2, 0) is 45.6 Å². The minimum atomic E-state index is 0. The Labute approximate surface area is 52.9 Å². The molecular weight excluding hydrogens is 305 g/mol. The van der Waals surface area contributed by atoms with Gasteiger partial charge in [0.25, 0.3) is 0 Å². The molecule has 0 saturated carbocycles. The van der Waals surface area contributed by atoms with Crippen LogP contribution in [0.5, 0.6) is 0 Å². The van der Waals surface area contributed by atoms with Gasteiger partial charge >= 0.3 is 23.2 Å². The van der Waals surface area contributed by atoms with Crippen molar-refractivity contribution in [2.24, 2.45) is 0 Å². The average Bonchev–Trinajstić information content (AvgIpc) is 1.00. The van der Waals surface area contributed by atoms with E-state index in [-0.39, 0.29) is 29.8 Å². The molecule has 4 heavy (non-hydrogen) atoms. The van der Waals surface area contributed by atoms with Gasteiger partial charge < -0.3 is 0 Å². The maximum absolute atomic E-state index is 8.33. The molecule has 0 unspecified atom stereocenters. The molecule has 25 valence electrons. The minimum absolute atomic E-state index is 0. The molecule has 0 fully saturated rings. The first kappa shape index (κ1) is 18.8. The van der Waals surface area contributed by atoms with Gasteiger partial charge in [-0.05, 0) is 0 Å². The predicted octanol–water partition coefficient (Wildman–Crippen LogP) is 0.512. The van der Waals surface area contributed by atoms with Gasteiger partial charge in [-0.2, -0.15) is 0 Å². The summed E-state index contributed by atoms with van der Waals surface area (Å²) < 4.78 is 8.33. The van der Waals surface area contributed by atoms with E-state index in [1.165, 1.54) is 0 Å². The molecule has 0 atom stereocenters. The summed E-state index contributed by atoms with van der Waals surface area (Å²) in [5.41, 5.74) is 0. The monoisotopic (exact) mass is 309 g/mol. The van der Waals surface area contributed by atoms with Crippen LogP contribution in [0.15, 0.2) is 0 Å². The van der Waals surface area contributed by atoms with Crippen LogP contribution in [-0.4, -0.2) is 0 Å². The number of rotatable bonds is 0. The van der Waals surface area contributed by atoms with E-state index in [0.717, 1.165) is 0 Å². The molecule has 0 aliphatic carbocycles. The van der Waals surface area contributed by atoms with Crippen LogP contribution in [0.3, 0.4) is 0 Å². The summed E-state index contributed by atoms with van der Waals surface area (Å²) in [6.45, 7) is 0. The van der Waals surface area contributed by atoms with Crippen molar-refractivity contribution in [1.82, 2.24) is 0 Å². The van der Waals surface area contributed by atoms with Gasteiger partial charge in [0.1, 0.15) is 0 Å². The van der Waals surface area contributed by atoms with Gasteiger partial charge in [0.2, 0.25) is 0 Å². The molecule has 3 heteroatoms. The first-order valence-corrected chi connectivity index (χ1v) is 1.36. The molecule has 0 rings (SSSR count). The molecular formula is CH4NbOW. The first-order valence-electron chi connectivity index (χ1n) is 0.167. The Balaban J connectivity index is -0.00000000500. The van der Waals surface area contributed by atoms with Crippen molar-refractivity contribution >= 4 is 0 Å². The van der Waals surface area contributed by atoms with Gasteiger partial charge in [-0.25, -0.2) is 0 Å². The van der Waals surface area contributed by atoms with Crippen molar-refractivity contribution in [3.63, 3.8) is 0 Å². The van der Waals surface area contributed by atoms with E-state index in [4.69, 9.17) is 3.40 Å². The van der Waals surface area contributed by atoms with Gasteiger partial charge in [0, 0.05) is 22.4 Å². The van der Waals surface area contributed by atoms with E-state index in [0.29, 0.717) is 19.8 Å². The molecule has 0 bridgehead atoms. The zero-order chi connectivity index (χ0) is 2.00. The molecule has 0 N–H and O–H groups in total. The molecule has 0 amide bonds. The van der Waals surface area contributed by atoms with E-state index in [1.807, 2.05) is 0 Å². The molecule has 1 nitrogen and oxygen atoms in total. The third-order valence-electron chi connectivity index (χ3n) is 0. The molecule has 0 aromatic carbocycles. The van der Waals surface area contributed by atoms with Gasteiger partial charge in [-0.3, -0.25) is 0 Å². The van der Waals surface area contributed by atoms with Gasteiger partial charge in [-0.1, -0.05) is 7.43 Å². The number of hydrogen-bond acceptors (Lipinski definition) is 1. The van der Waals surface area contributed by atoms with Gasteiger partial charge in [0.05, 0.1) is 0 Å². The van der Waals surface area contributed by atoms with Crippen molar-refractivity contribution in [2.45, 2.75) is 7.43 Å². The Kier molecular flexibility index (Phi) is 137. The third kappa shape index (κ3) is 10.6. The molecule has 0 saturated heterocycles. The summed E-state index contributed by atoms with van der Waals surface area (Å²) in [6.07, 6.45) is 0. The van der Waals surface area contributed by atoms with E-state index in [9.17, 15) is 0 Å². The SMILES string of the molecule is C.[Nb].[O]=[W]. The van der Waals surface area contributed by atoms with Crippen LogP contribution in [0, 0.1) is 0 Å². The van der Waals surface area contributed by atoms with Crippen LogP contribution in [0.25, 0.3) is 0 Å². The van der Waals surface area contributed by atoms with E-state index < -0.39 is 0 Å². The van der Waals surface area contributed by atoms with Gasteiger partial charge in [0.15, 0.2) is 0 Å². The Morgan fingerprint density at radius 3 is 1.25 bits per heavy atom. The summed E-state index contributed by atoms with van der Waals surface area (Å²) in [5.74, 6) is 0. The quantitative estimate of drug-likeness (QED) is 0.596. The Morgan fingerprint density at radius 1 is 1.25 bits per heavy atom. The molecule has 0 aliphatic rings. The van der Waals surface area contributed by atoms with Crippen LogP contribution in [0.4, 0.5) is 0 Å². The molecule has 1 radical (unpaired) electrons. The van der Waals surface area contributed by atoms with E-state index in [2.05, 4.69) is 0 Å². The fourth-order valence-electron chi connectivity index (χ4n) is 0. The third-order valence-corrected chi connectivity index (χ3v) is 0. The number of hydrogen-bond donors (Lipinski definition) is 0. The standard InChI is InChI=1S/CH4.Nb.O.W/h1H4;;;. The van der Waals surface area contributed by atoms with E-state index in [1.54, 1.807) is 0 Å². The van der Waals surface area contributed by atoms with Crippen molar-refractivity contribution in [3.8, 4) is 0 Å². The first-order chi connectivity index (χ1) is 1.00. The maximum atomic E-state index is 8.33. The molecule has 0 aromatic rings. The zero-order valence-corrected chi connectivity index (χ0v) is 6.40. The Bertz CT molecular complexity index is 8.00. The summed E-state index contributed by atoms with van der Waals surface area (Å²) in [6, 6.07) is 0. The molecule has 0 aromatic heterocycles. The van der Waals surface area contributed by atoms with Gasteiger partial charge in [-0.15, -0.1) is 0 Å². The second-order valence-corrected chi connectivity index (χ2v) is 0. The fraction of sp³-hybridized carbons (Fsp3) is 1.00. The Hall–Kier alpha value is 1.23.